The van der Waals surface area contributed by atoms with Gasteiger partial charge < -0.3 is 20.7 Å². The zero-order valence-corrected chi connectivity index (χ0v) is 17.5. The van der Waals surface area contributed by atoms with Gasteiger partial charge in [0.25, 0.3) is 5.91 Å². The highest BCUT2D eigenvalue weighted by atomic mass is 35.5. The number of anilines is 1. The molecule has 3 aromatic rings. The lowest BCUT2D eigenvalue weighted by Gasteiger charge is -2.11. The molecule has 0 heterocycles. The van der Waals surface area contributed by atoms with Gasteiger partial charge in [-0.3, -0.25) is 4.79 Å². The summed E-state index contributed by atoms with van der Waals surface area (Å²) >= 11 is 5.81. The highest BCUT2D eigenvalue weighted by Crippen LogP contribution is 2.31. The van der Waals surface area contributed by atoms with E-state index in [9.17, 15) is 14.0 Å². The number of urea groups is 1. The molecule has 0 radical (unpaired) electrons. The van der Waals surface area contributed by atoms with Crippen LogP contribution in [0.2, 0.25) is 5.02 Å². The van der Waals surface area contributed by atoms with Gasteiger partial charge in [0.15, 0.2) is 0 Å². The Balaban J connectivity index is 1.53. The summed E-state index contributed by atoms with van der Waals surface area (Å²) in [6.45, 7) is 0.475. The number of halogens is 2. The molecule has 6 nitrogen and oxygen atoms in total. The topological polar surface area (TPSA) is 79.5 Å². The van der Waals surface area contributed by atoms with E-state index in [-0.39, 0.29) is 19.0 Å². The number of nitrogens with one attached hydrogen (secondary N) is 3. The summed E-state index contributed by atoms with van der Waals surface area (Å²) in [4.78, 5) is 24.4. The van der Waals surface area contributed by atoms with Gasteiger partial charge in [-0.1, -0.05) is 23.7 Å². The fraction of sp³-hybridized carbons (Fsp3) is 0.130. The van der Waals surface area contributed by atoms with Crippen molar-refractivity contribution in [3.05, 3.63) is 83.1 Å². The lowest BCUT2D eigenvalue weighted by atomic mass is 10.0. The molecule has 0 aliphatic heterocycles. The Bertz CT molecular complexity index is 1070. The van der Waals surface area contributed by atoms with Crippen LogP contribution in [0.4, 0.5) is 14.9 Å². The zero-order chi connectivity index (χ0) is 22.2. The van der Waals surface area contributed by atoms with E-state index in [0.717, 1.165) is 0 Å². The molecule has 0 saturated heterocycles. The van der Waals surface area contributed by atoms with Crippen molar-refractivity contribution < 1.29 is 18.7 Å². The van der Waals surface area contributed by atoms with Gasteiger partial charge in [-0.05, 0) is 60.2 Å². The molecule has 31 heavy (non-hydrogen) atoms. The van der Waals surface area contributed by atoms with E-state index in [0.29, 0.717) is 33.1 Å². The highest BCUT2D eigenvalue weighted by molar-refractivity contribution is 6.30. The Morgan fingerprint density at radius 1 is 0.968 bits per heavy atom. The molecule has 0 fully saturated rings. The molecule has 3 amide bonds. The molecule has 3 aromatic carbocycles. The molecule has 0 bridgehead atoms. The van der Waals surface area contributed by atoms with E-state index in [1.54, 1.807) is 48.5 Å². The van der Waals surface area contributed by atoms with E-state index in [2.05, 4.69) is 16.0 Å². The van der Waals surface area contributed by atoms with Crippen LogP contribution in [0.5, 0.6) is 5.75 Å². The van der Waals surface area contributed by atoms with Crippen LogP contribution in [0.25, 0.3) is 11.1 Å². The van der Waals surface area contributed by atoms with Crippen LogP contribution in [0.15, 0.2) is 66.7 Å². The third-order valence-electron chi connectivity index (χ3n) is 4.40. The third kappa shape index (κ3) is 6.20. The molecule has 0 spiro atoms. The molecule has 0 aromatic heterocycles. The predicted octanol–water partition coefficient (Wildman–Crippen LogP) is 4.71. The lowest BCUT2D eigenvalue weighted by Crippen LogP contribution is -2.36. The molecule has 160 valence electrons. The van der Waals surface area contributed by atoms with E-state index in [1.165, 1.54) is 25.3 Å². The van der Waals surface area contributed by atoms with Crippen LogP contribution in [0, 0.1) is 5.82 Å². The van der Waals surface area contributed by atoms with Crippen LogP contribution in [-0.2, 0) is 0 Å². The Kier molecular flexibility index (Phi) is 7.45. The number of hydrogen-bond acceptors (Lipinski definition) is 3. The van der Waals surface area contributed by atoms with Crippen molar-refractivity contribution in [2.45, 2.75) is 0 Å². The second kappa shape index (κ2) is 10.4. The fourth-order valence-electron chi connectivity index (χ4n) is 2.90. The molecule has 0 atom stereocenters. The first kappa shape index (κ1) is 22.1. The summed E-state index contributed by atoms with van der Waals surface area (Å²) in [5.41, 5.74) is 2.23. The summed E-state index contributed by atoms with van der Waals surface area (Å²) in [6.07, 6.45) is 0. The van der Waals surface area contributed by atoms with Crippen molar-refractivity contribution in [3.8, 4) is 16.9 Å². The Morgan fingerprint density at radius 2 is 1.71 bits per heavy atom. The zero-order valence-electron chi connectivity index (χ0n) is 16.7. The van der Waals surface area contributed by atoms with Gasteiger partial charge in [-0.25, -0.2) is 9.18 Å². The van der Waals surface area contributed by atoms with E-state index < -0.39 is 11.8 Å². The Hall–Kier alpha value is -3.58. The van der Waals surface area contributed by atoms with Gasteiger partial charge >= 0.3 is 6.03 Å². The molecular weight excluding hydrogens is 421 g/mol. The fourth-order valence-corrected chi connectivity index (χ4v) is 3.02. The number of ether oxygens (including phenoxy) is 1. The van der Waals surface area contributed by atoms with E-state index in [4.69, 9.17) is 16.3 Å². The van der Waals surface area contributed by atoms with Crippen molar-refractivity contribution in [1.29, 1.82) is 0 Å². The molecule has 3 N–H and O–H groups in total. The first-order valence-corrected chi connectivity index (χ1v) is 9.86. The minimum Gasteiger partial charge on any atom is -0.496 e. The Labute approximate surface area is 184 Å². The van der Waals surface area contributed by atoms with Gasteiger partial charge in [0, 0.05) is 34.9 Å². The number of methoxy groups -OCH3 is 1. The van der Waals surface area contributed by atoms with Gasteiger partial charge in [0.1, 0.15) is 11.6 Å². The standard InChI is InChI=1S/C23H21ClFN3O3/c1-31-21-10-7-18(25)14-20(21)15-3-2-4-16(13-15)22(29)26-11-12-27-23(30)28-19-8-5-17(24)6-9-19/h2-10,13-14H,11-12H2,1H3,(H,26,29)(H2,27,28,30). The minimum atomic E-state index is -0.395. The average molecular weight is 442 g/mol. The number of carbonyl (C=O) groups excluding carboxylic acids is 2. The molecular formula is C23H21ClFN3O3. The first-order valence-electron chi connectivity index (χ1n) is 9.49. The number of hydrogen-bond donors (Lipinski definition) is 3. The number of carbonyl (C=O) groups is 2. The Morgan fingerprint density at radius 3 is 2.45 bits per heavy atom. The van der Waals surface area contributed by atoms with Crippen LogP contribution in [-0.4, -0.2) is 32.1 Å². The lowest BCUT2D eigenvalue weighted by molar-refractivity contribution is 0.0954. The molecule has 0 saturated carbocycles. The van der Waals surface area contributed by atoms with Crippen molar-refractivity contribution in [3.63, 3.8) is 0 Å². The first-order chi connectivity index (χ1) is 15.0. The second-order valence-corrected chi connectivity index (χ2v) is 7.01. The van der Waals surface area contributed by atoms with Crippen LogP contribution in [0.3, 0.4) is 0 Å². The summed E-state index contributed by atoms with van der Waals surface area (Å²) < 4.78 is 19.0. The van der Waals surface area contributed by atoms with Gasteiger partial charge in [0.2, 0.25) is 0 Å². The summed E-state index contributed by atoms with van der Waals surface area (Å²) in [7, 11) is 1.50. The quantitative estimate of drug-likeness (QED) is 0.465. The SMILES string of the molecule is COc1ccc(F)cc1-c1cccc(C(=O)NCCNC(=O)Nc2ccc(Cl)cc2)c1. The summed E-state index contributed by atoms with van der Waals surface area (Å²) in [5.74, 6) is -0.194. The molecule has 0 aliphatic rings. The monoisotopic (exact) mass is 441 g/mol. The maximum atomic E-state index is 13.7. The van der Waals surface area contributed by atoms with Gasteiger partial charge in [-0.2, -0.15) is 0 Å². The largest absolute Gasteiger partial charge is 0.496 e. The smallest absolute Gasteiger partial charge is 0.319 e. The van der Waals surface area contributed by atoms with Crippen LogP contribution < -0.4 is 20.7 Å². The second-order valence-electron chi connectivity index (χ2n) is 6.57. The predicted molar refractivity (Wildman–Crippen MR) is 119 cm³/mol. The molecule has 0 unspecified atom stereocenters. The minimum absolute atomic E-state index is 0.236. The number of benzene rings is 3. The summed E-state index contributed by atoms with van der Waals surface area (Å²) in [6, 6.07) is 17.3. The van der Waals surface area contributed by atoms with Crippen molar-refractivity contribution in [2.24, 2.45) is 0 Å². The third-order valence-corrected chi connectivity index (χ3v) is 4.65. The molecule has 8 heteroatoms. The van der Waals surface area contributed by atoms with E-state index >= 15 is 0 Å². The highest BCUT2D eigenvalue weighted by Gasteiger charge is 2.11. The van der Waals surface area contributed by atoms with E-state index in [1.807, 2.05) is 0 Å². The van der Waals surface area contributed by atoms with Gasteiger partial charge in [0.05, 0.1) is 7.11 Å². The molecule has 3 rings (SSSR count). The molecule has 0 aliphatic carbocycles. The average Bonchev–Trinajstić information content (AvgIpc) is 2.78. The maximum absolute atomic E-state index is 13.7. The van der Waals surface area contributed by atoms with Crippen molar-refractivity contribution in [2.75, 3.05) is 25.5 Å². The van der Waals surface area contributed by atoms with Crippen LogP contribution in [0.1, 0.15) is 10.4 Å². The number of amides is 3. The summed E-state index contributed by atoms with van der Waals surface area (Å²) in [5, 5.41) is 8.64. The van der Waals surface area contributed by atoms with Crippen molar-refractivity contribution >= 4 is 29.2 Å². The van der Waals surface area contributed by atoms with Crippen LogP contribution >= 0.6 is 11.6 Å². The normalized spacial score (nSPS) is 10.3. The maximum Gasteiger partial charge on any atom is 0.319 e. The van der Waals surface area contributed by atoms with Crippen molar-refractivity contribution in [1.82, 2.24) is 10.6 Å². The van der Waals surface area contributed by atoms with Gasteiger partial charge in [-0.15, -0.1) is 0 Å². The number of rotatable bonds is 7.